The minimum atomic E-state index is -0.289. The van der Waals surface area contributed by atoms with E-state index in [1.807, 2.05) is 0 Å². The summed E-state index contributed by atoms with van der Waals surface area (Å²) >= 11 is 0. The molecule has 0 atom stereocenters. The Hall–Kier alpha value is -1.46. The number of benzene rings is 1. The lowest BCUT2D eigenvalue weighted by Crippen LogP contribution is -2.42. The second-order valence-corrected chi connectivity index (χ2v) is 4.25. The summed E-state index contributed by atoms with van der Waals surface area (Å²) in [6.45, 7) is 4.67. The van der Waals surface area contributed by atoms with Gasteiger partial charge in [0.1, 0.15) is 11.3 Å². The van der Waals surface area contributed by atoms with Gasteiger partial charge in [0.05, 0.1) is 6.54 Å². The van der Waals surface area contributed by atoms with E-state index >= 15 is 0 Å². The highest BCUT2D eigenvalue weighted by molar-refractivity contribution is 5.72. The number of nitrogens with zero attached hydrogens (tertiary/aromatic N) is 2. The SMILES string of the molecule is Fc1ccc2nc(CN3CCNCC3)oc2c1. The average molecular weight is 235 g/mol. The van der Waals surface area contributed by atoms with E-state index in [9.17, 15) is 4.39 Å². The van der Waals surface area contributed by atoms with Crippen molar-refractivity contribution in [2.75, 3.05) is 26.2 Å². The molecular weight excluding hydrogens is 221 g/mol. The maximum absolute atomic E-state index is 13.0. The summed E-state index contributed by atoms with van der Waals surface area (Å²) < 4.78 is 18.5. The van der Waals surface area contributed by atoms with Crippen molar-refractivity contribution in [2.24, 2.45) is 0 Å². The van der Waals surface area contributed by atoms with Gasteiger partial charge in [-0.15, -0.1) is 0 Å². The van der Waals surface area contributed by atoms with E-state index in [2.05, 4.69) is 15.2 Å². The van der Waals surface area contributed by atoms with Crippen molar-refractivity contribution >= 4 is 11.1 Å². The van der Waals surface area contributed by atoms with Crippen LogP contribution in [0.1, 0.15) is 5.89 Å². The molecule has 1 N–H and O–H groups in total. The highest BCUT2D eigenvalue weighted by Gasteiger charge is 2.13. The van der Waals surface area contributed by atoms with Gasteiger partial charge in [-0.2, -0.15) is 0 Å². The van der Waals surface area contributed by atoms with E-state index in [0.717, 1.165) is 31.7 Å². The minimum Gasteiger partial charge on any atom is -0.439 e. The standard InChI is InChI=1S/C12H14FN3O/c13-9-1-2-10-11(7-9)17-12(15-10)8-16-5-3-14-4-6-16/h1-2,7,14H,3-6,8H2. The van der Waals surface area contributed by atoms with Crippen LogP contribution in [0, 0.1) is 5.82 Å². The third-order valence-electron chi connectivity index (χ3n) is 2.96. The van der Waals surface area contributed by atoms with Gasteiger partial charge in [-0.05, 0) is 12.1 Å². The zero-order valence-corrected chi connectivity index (χ0v) is 9.45. The number of aromatic nitrogens is 1. The predicted molar refractivity (Wildman–Crippen MR) is 62.1 cm³/mol. The van der Waals surface area contributed by atoms with Gasteiger partial charge < -0.3 is 9.73 Å². The summed E-state index contributed by atoms with van der Waals surface area (Å²) in [5.74, 6) is 0.370. The Bertz CT molecular complexity index is 519. The van der Waals surface area contributed by atoms with Crippen molar-refractivity contribution in [1.29, 1.82) is 0 Å². The molecule has 4 nitrogen and oxygen atoms in total. The molecule has 0 saturated carbocycles. The molecule has 90 valence electrons. The molecule has 17 heavy (non-hydrogen) atoms. The van der Waals surface area contributed by atoms with E-state index in [1.54, 1.807) is 6.07 Å². The van der Waals surface area contributed by atoms with E-state index in [0.29, 0.717) is 18.0 Å². The maximum atomic E-state index is 13.0. The molecule has 1 aromatic carbocycles. The summed E-state index contributed by atoms with van der Waals surface area (Å²) in [4.78, 5) is 6.63. The number of nitrogens with one attached hydrogen (secondary N) is 1. The first kappa shape index (κ1) is 10.7. The van der Waals surface area contributed by atoms with Gasteiger partial charge in [-0.3, -0.25) is 4.90 Å². The summed E-state index contributed by atoms with van der Waals surface area (Å²) in [6, 6.07) is 4.43. The van der Waals surface area contributed by atoms with Gasteiger partial charge in [-0.1, -0.05) is 0 Å². The van der Waals surface area contributed by atoms with Crippen LogP contribution in [0.2, 0.25) is 0 Å². The Labute approximate surface area is 98.4 Å². The van der Waals surface area contributed by atoms with Crippen molar-refractivity contribution in [3.8, 4) is 0 Å². The molecule has 1 aliphatic rings. The molecule has 5 heteroatoms. The van der Waals surface area contributed by atoms with Crippen LogP contribution in [-0.4, -0.2) is 36.1 Å². The topological polar surface area (TPSA) is 41.3 Å². The van der Waals surface area contributed by atoms with Crippen LogP contribution in [0.25, 0.3) is 11.1 Å². The van der Waals surface area contributed by atoms with Gasteiger partial charge in [0.2, 0.25) is 5.89 Å². The van der Waals surface area contributed by atoms with E-state index < -0.39 is 0 Å². The molecule has 2 heterocycles. The minimum absolute atomic E-state index is 0.289. The molecule has 3 rings (SSSR count). The van der Waals surface area contributed by atoms with Gasteiger partial charge in [0.15, 0.2) is 5.58 Å². The maximum Gasteiger partial charge on any atom is 0.209 e. The summed E-state index contributed by atoms with van der Waals surface area (Å²) in [7, 11) is 0. The fourth-order valence-corrected chi connectivity index (χ4v) is 2.07. The summed E-state index contributed by atoms with van der Waals surface area (Å²) in [5, 5.41) is 3.29. The molecule has 0 spiro atoms. The highest BCUT2D eigenvalue weighted by atomic mass is 19.1. The van der Waals surface area contributed by atoms with Crippen LogP contribution >= 0.6 is 0 Å². The highest BCUT2D eigenvalue weighted by Crippen LogP contribution is 2.17. The predicted octanol–water partition coefficient (Wildman–Crippen LogP) is 1.37. The average Bonchev–Trinajstić information content (AvgIpc) is 2.71. The first-order valence-corrected chi connectivity index (χ1v) is 5.79. The van der Waals surface area contributed by atoms with Crippen molar-refractivity contribution in [3.05, 3.63) is 29.9 Å². The lowest BCUT2D eigenvalue weighted by atomic mass is 10.3. The van der Waals surface area contributed by atoms with E-state index in [1.165, 1.54) is 12.1 Å². The second kappa shape index (κ2) is 4.43. The van der Waals surface area contributed by atoms with Gasteiger partial charge in [-0.25, -0.2) is 9.37 Å². The van der Waals surface area contributed by atoms with Crippen LogP contribution in [-0.2, 0) is 6.54 Å². The van der Waals surface area contributed by atoms with E-state index in [4.69, 9.17) is 4.42 Å². The molecule has 1 aliphatic heterocycles. The molecular formula is C12H14FN3O. The van der Waals surface area contributed by atoms with Gasteiger partial charge >= 0.3 is 0 Å². The van der Waals surface area contributed by atoms with Gasteiger partial charge in [0.25, 0.3) is 0 Å². The Morgan fingerprint density at radius 1 is 1.35 bits per heavy atom. The van der Waals surface area contributed by atoms with Gasteiger partial charge in [0, 0.05) is 32.2 Å². The van der Waals surface area contributed by atoms with Crippen LogP contribution in [0.15, 0.2) is 22.6 Å². The molecule has 0 radical (unpaired) electrons. The number of piperazine rings is 1. The first-order valence-electron chi connectivity index (χ1n) is 5.79. The molecule has 1 aromatic heterocycles. The Morgan fingerprint density at radius 2 is 2.18 bits per heavy atom. The molecule has 0 aliphatic carbocycles. The monoisotopic (exact) mass is 235 g/mol. The van der Waals surface area contributed by atoms with Crippen molar-refractivity contribution in [3.63, 3.8) is 0 Å². The molecule has 1 saturated heterocycles. The smallest absolute Gasteiger partial charge is 0.209 e. The largest absolute Gasteiger partial charge is 0.439 e. The van der Waals surface area contributed by atoms with Crippen LogP contribution in [0.4, 0.5) is 4.39 Å². The zero-order chi connectivity index (χ0) is 11.7. The molecule has 0 unspecified atom stereocenters. The number of rotatable bonds is 2. The normalized spacial score (nSPS) is 17.7. The van der Waals surface area contributed by atoms with E-state index in [-0.39, 0.29) is 5.82 Å². The third-order valence-corrected chi connectivity index (χ3v) is 2.96. The molecule has 2 aromatic rings. The lowest BCUT2D eigenvalue weighted by Gasteiger charge is -2.25. The zero-order valence-electron chi connectivity index (χ0n) is 9.45. The number of halogens is 1. The van der Waals surface area contributed by atoms with Crippen molar-refractivity contribution in [2.45, 2.75) is 6.54 Å². The molecule has 0 amide bonds. The number of oxazole rings is 1. The van der Waals surface area contributed by atoms with Crippen LogP contribution in [0.5, 0.6) is 0 Å². The number of hydrogen-bond donors (Lipinski definition) is 1. The second-order valence-electron chi connectivity index (χ2n) is 4.25. The summed E-state index contributed by atoms with van der Waals surface area (Å²) in [5.41, 5.74) is 1.24. The number of hydrogen-bond acceptors (Lipinski definition) is 4. The Kier molecular flexibility index (Phi) is 2.78. The third kappa shape index (κ3) is 2.30. The van der Waals surface area contributed by atoms with Crippen LogP contribution < -0.4 is 5.32 Å². The molecule has 0 bridgehead atoms. The Balaban J connectivity index is 1.80. The first-order chi connectivity index (χ1) is 8.31. The molecule has 1 fully saturated rings. The lowest BCUT2D eigenvalue weighted by molar-refractivity contribution is 0.214. The quantitative estimate of drug-likeness (QED) is 0.853. The van der Waals surface area contributed by atoms with Crippen molar-refractivity contribution < 1.29 is 8.81 Å². The Morgan fingerprint density at radius 3 is 3.00 bits per heavy atom. The number of fused-ring (bicyclic) bond motifs is 1. The fourth-order valence-electron chi connectivity index (χ4n) is 2.07. The fraction of sp³-hybridized carbons (Fsp3) is 0.417. The van der Waals surface area contributed by atoms with Crippen molar-refractivity contribution in [1.82, 2.24) is 15.2 Å². The van der Waals surface area contributed by atoms with Crippen LogP contribution in [0.3, 0.4) is 0 Å². The summed E-state index contributed by atoms with van der Waals surface area (Å²) in [6.07, 6.45) is 0.